The molecule has 1 aromatic rings. The van der Waals surface area contributed by atoms with Gasteiger partial charge in [-0.3, -0.25) is 0 Å². The number of hydrogen-bond donors (Lipinski definition) is 1. The first-order valence-corrected chi connectivity index (χ1v) is 8.24. The summed E-state index contributed by atoms with van der Waals surface area (Å²) >= 11 is 0. The highest BCUT2D eigenvalue weighted by Crippen LogP contribution is 2.14. The molecule has 1 fully saturated rings. The van der Waals surface area contributed by atoms with Gasteiger partial charge in [-0.2, -0.15) is 0 Å². The molecule has 0 aromatic heterocycles. The first-order chi connectivity index (χ1) is 9.69. The van der Waals surface area contributed by atoms with Gasteiger partial charge in [0.15, 0.2) is 0 Å². The van der Waals surface area contributed by atoms with E-state index in [0.717, 1.165) is 13.0 Å². The molecule has 1 heterocycles. The van der Waals surface area contributed by atoms with Gasteiger partial charge in [-0.05, 0) is 63.7 Å². The van der Waals surface area contributed by atoms with E-state index >= 15 is 0 Å². The van der Waals surface area contributed by atoms with E-state index in [-0.39, 0.29) is 0 Å². The average molecular weight is 274 g/mol. The summed E-state index contributed by atoms with van der Waals surface area (Å²) in [5.41, 5.74) is 2.84. The third-order valence-corrected chi connectivity index (χ3v) is 4.52. The van der Waals surface area contributed by atoms with Gasteiger partial charge in [-0.1, -0.05) is 31.2 Å². The van der Waals surface area contributed by atoms with Gasteiger partial charge in [0.1, 0.15) is 0 Å². The number of rotatable bonds is 5. The molecule has 1 aromatic carbocycles. The second kappa shape index (κ2) is 7.80. The molecule has 20 heavy (non-hydrogen) atoms. The highest BCUT2D eigenvalue weighted by atomic mass is 15.1. The third kappa shape index (κ3) is 4.60. The van der Waals surface area contributed by atoms with E-state index in [1.165, 1.54) is 43.5 Å². The molecular weight excluding hydrogens is 244 g/mol. The quantitative estimate of drug-likeness (QED) is 0.882. The molecule has 1 aliphatic heterocycles. The van der Waals surface area contributed by atoms with Crippen LogP contribution < -0.4 is 5.32 Å². The van der Waals surface area contributed by atoms with E-state index in [2.05, 4.69) is 55.3 Å². The van der Waals surface area contributed by atoms with Crippen LogP contribution in [0.4, 0.5) is 0 Å². The number of aryl methyl sites for hydroxylation is 1. The second-order valence-electron chi connectivity index (χ2n) is 6.31. The Morgan fingerprint density at radius 3 is 2.45 bits per heavy atom. The van der Waals surface area contributed by atoms with Crippen LogP contribution in [0.5, 0.6) is 0 Å². The normalized spacial score (nSPS) is 21.1. The standard InChI is InChI=1S/C18H30N2/c1-4-16-7-9-17(10-8-16)14-19-18-6-5-12-20(13-11-18)15(2)3/h7-10,15,18-19H,4-6,11-14H2,1-3H3. The molecule has 1 unspecified atom stereocenters. The predicted octanol–water partition coefficient (Wildman–Crippen LogP) is 3.60. The molecule has 2 rings (SSSR count). The maximum atomic E-state index is 3.75. The minimum absolute atomic E-state index is 0.685. The van der Waals surface area contributed by atoms with Crippen LogP contribution in [0.15, 0.2) is 24.3 Å². The summed E-state index contributed by atoms with van der Waals surface area (Å²) in [7, 11) is 0. The van der Waals surface area contributed by atoms with Crippen LogP contribution in [0.25, 0.3) is 0 Å². The molecule has 112 valence electrons. The molecule has 1 N–H and O–H groups in total. The maximum Gasteiger partial charge on any atom is 0.0208 e. The molecule has 0 aliphatic carbocycles. The Kier molecular flexibility index (Phi) is 6.06. The lowest BCUT2D eigenvalue weighted by atomic mass is 10.1. The van der Waals surface area contributed by atoms with Crippen molar-refractivity contribution in [1.29, 1.82) is 0 Å². The van der Waals surface area contributed by atoms with Gasteiger partial charge in [0.25, 0.3) is 0 Å². The van der Waals surface area contributed by atoms with Crippen LogP contribution in [0.1, 0.15) is 51.2 Å². The molecule has 0 bridgehead atoms. The lowest BCUT2D eigenvalue weighted by Crippen LogP contribution is -2.33. The van der Waals surface area contributed by atoms with Crippen LogP contribution in [0.2, 0.25) is 0 Å². The lowest BCUT2D eigenvalue weighted by Gasteiger charge is -2.24. The third-order valence-electron chi connectivity index (χ3n) is 4.52. The summed E-state index contributed by atoms with van der Waals surface area (Å²) < 4.78 is 0. The fourth-order valence-corrected chi connectivity index (χ4v) is 2.99. The van der Waals surface area contributed by atoms with E-state index in [1.807, 2.05) is 0 Å². The molecule has 2 heteroatoms. The van der Waals surface area contributed by atoms with Crippen LogP contribution in [-0.4, -0.2) is 30.1 Å². The van der Waals surface area contributed by atoms with Crippen molar-refractivity contribution in [3.63, 3.8) is 0 Å². The topological polar surface area (TPSA) is 15.3 Å². The van der Waals surface area contributed by atoms with Gasteiger partial charge in [0.05, 0.1) is 0 Å². The zero-order chi connectivity index (χ0) is 14.4. The molecule has 2 nitrogen and oxygen atoms in total. The minimum Gasteiger partial charge on any atom is -0.310 e. The molecule has 0 radical (unpaired) electrons. The van der Waals surface area contributed by atoms with Crippen molar-refractivity contribution < 1.29 is 0 Å². The summed E-state index contributed by atoms with van der Waals surface area (Å²) in [6.45, 7) is 10.3. The molecule has 0 saturated carbocycles. The first kappa shape index (κ1) is 15.5. The van der Waals surface area contributed by atoms with Crippen molar-refractivity contribution >= 4 is 0 Å². The summed E-state index contributed by atoms with van der Waals surface area (Å²) in [6.07, 6.45) is 5.05. The fraction of sp³-hybridized carbons (Fsp3) is 0.667. The van der Waals surface area contributed by atoms with Gasteiger partial charge < -0.3 is 10.2 Å². The van der Waals surface area contributed by atoms with Crippen molar-refractivity contribution in [2.24, 2.45) is 0 Å². The Bertz CT molecular complexity index is 383. The van der Waals surface area contributed by atoms with Crippen LogP contribution in [0, 0.1) is 0 Å². The van der Waals surface area contributed by atoms with Crippen LogP contribution in [0.3, 0.4) is 0 Å². The molecule has 1 saturated heterocycles. The Morgan fingerprint density at radius 2 is 1.80 bits per heavy atom. The minimum atomic E-state index is 0.685. The zero-order valence-electron chi connectivity index (χ0n) is 13.4. The van der Waals surface area contributed by atoms with Crippen LogP contribution in [-0.2, 0) is 13.0 Å². The molecule has 0 amide bonds. The molecule has 1 aliphatic rings. The van der Waals surface area contributed by atoms with E-state index in [1.54, 1.807) is 0 Å². The summed E-state index contributed by atoms with van der Waals surface area (Å²) in [4.78, 5) is 2.61. The van der Waals surface area contributed by atoms with Gasteiger partial charge in [0, 0.05) is 18.6 Å². The first-order valence-electron chi connectivity index (χ1n) is 8.24. The summed E-state index contributed by atoms with van der Waals surface area (Å²) in [6, 6.07) is 10.4. The predicted molar refractivity (Wildman–Crippen MR) is 87.0 cm³/mol. The Hall–Kier alpha value is -0.860. The Balaban J connectivity index is 1.78. The average Bonchev–Trinajstić information content (AvgIpc) is 2.71. The summed E-state index contributed by atoms with van der Waals surface area (Å²) in [5, 5.41) is 3.75. The van der Waals surface area contributed by atoms with Crippen molar-refractivity contribution in [3.8, 4) is 0 Å². The van der Waals surface area contributed by atoms with Gasteiger partial charge >= 0.3 is 0 Å². The fourth-order valence-electron chi connectivity index (χ4n) is 2.99. The smallest absolute Gasteiger partial charge is 0.0208 e. The molecule has 0 spiro atoms. The van der Waals surface area contributed by atoms with E-state index in [4.69, 9.17) is 0 Å². The molecular formula is C18H30N2. The largest absolute Gasteiger partial charge is 0.310 e. The number of nitrogens with zero attached hydrogens (tertiary/aromatic N) is 1. The molecule has 1 atom stereocenters. The van der Waals surface area contributed by atoms with E-state index < -0.39 is 0 Å². The summed E-state index contributed by atoms with van der Waals surface area (Å²) in [5.74, 6) is 0. The highest BCUT2D eigenvalue weighted by Gasteiger charge is 2.17. The van der Waals surface area contributed by atoms with Crippen LogP contribution >= 0.6 is 0 Å². The monoisotopic (exact) mass is 274 g/mol. The van der Waals surface area contributed by atoms with Crippen molar-refractivity contribution in [3.05, 3.63) is 35.4 Å². The van der Waals surface area contributed by atoms with Crippen molar-refractivity contribution in [2.75, 3.05) is 13.1 Å². The Labute approximate surface area is 124 Å². The van der Waals surface area contributed by atoms with E-state index in [9.17, 15) is 0 Å². The lowest BCUT2D eigenvalue weighted by molar-refractivity contribution is 0.229. The Morgan fingerprint density at radius 1 is 1.10 bits per heavy atom. The van der Waals surface area contributed by atoms with Gasteiger partial charge in [0.2, 0.25) is 0 Å². The van der Waals surface area contributed by atoms with Gasteiger partial charge in [-0.25, -0.2) is 0 Å². The second-order valence-corrected chi connectivity index (χ2v) is 6.31. The number of nitrogens with one attached hydrogen (secondary N) is 1. The highest BCUT2D eigenvalue weighted by molar-refractivity contribution is 5.22. The van der Waals surface area contributed by atoms with Crippen molar-refractivity contribution in [1.82, 2.24) is 10.2 Å². The number of hydrogen-bond acceptors (Lipinski definition) is 2. The maximum absolute atomic E-state index is 3.75. The zero-order valence-corrected chi connectivity index (χ0v) is 13.4. The number of benzene rings is 1. The SMILES string of the molecule is CCc1ccc(CNC2CCCN(C(C)C)CC2)cc1. The van der Waals surface area contributed by atoms with E-state index in [0.29, 0.717) is 12.1 Å². The van der Waals surface area contributed by atoms with Crippen molar-refractivity contribution in [2.45, 2.75) is 65.1 Å². The number of likely N-dealkylation sites (tertiary alicyclic amines) is 1. The van der Waals surface area contributed by atoms with Gasteiger partial charge in [-0.15, -0.1) is 0 Å².